The fourth-order valence-corrected chi connectivity index (χ4v) is 2.29. The molecule has 0 aliphatic rings. The monoisotopic (exact) mass is 322 g/mol. The molecule has 14 heavy (non-hydrogen) atoms. The van der Waals surface area contributed by atoms with E-state index in [1.807, 2.05) is 0 Å². The van der Waals surface area contributed by atoms with Gasteiger partial charge in [-0.2, -0.15) is 0 Å². The standard InChI is InChI=1S/C8H8Br2N2O2/c1-3-6(10)8(12(13)14)4(2)5(9)7(3)11/h11H2,1-2H3. The van der Waals surface area contributed by atoms with Crippen molar-refractivity contribution in [2.75, 3.05) is 5.73 Å². The topological polar surface area (TPSA) is 69.2 Å². The molecule has 0 atom stereocenters. The van der Waals surface area contributed by atoms with E-state index in [1.54, 1.807) is 13.8 Å². The zero-order chi connectivity index (χ0) is 11.0. The molecule has 0 amide bonds. The summed E-state index contributed by atoms with van der Waals surface area (Å²) < 4.78 is 1.03. The molecular weight excluding hydrogens is 316 g/mol. The lowest BCUT2D eigenvalue weighted by Gasteiger charge is -2.09. The highest BCUT2D eigenvalue weighted by molar-refractivity contribution is 9.11. The zero-order valence-electron chi connectivity index (χ0n) is 7.60. The number of anilines is 1. The molecule has 0 aromatic heterocycles. The largest absolute Gasteiger partial charge is 0.398 e. The number of hydrogen-bond acceptors (Lipinski definition) is 3. The summed E-state index contributed by atoms with van der Waals surface area (Å²) in [7, 11) is 0. The van der Waals surface area contributed by atoms with Gasteiger partial charge in [0.05, 0.1) is 15.1 Å². The molecule has 1 rings (SSSR count). The summed E-state index contributed by atoms with van der Waals surface area (Å²) in [5.41, 5.74) is 7.55. The van der Waals surface area contributed by atoms with E-state index in [-0.39, 0.29) is 5.69 Å². The predicted molar refractivity (Wildman–Crippen MR) is 62.4 cm³/mol. The average Bonchev–Trinajstić information content (AvgIpc) is 2.11. The molecule has 0 heterocycles. The maximum Gasteiger partial charge on any atom is 0.287 e. The molecule has 0 spiro atoms. The van der Waals surface area contributed by atoms with E-state index < -0.39 is 4.92 Å². The number of halogens is 2. The third kappa shape index (κ3) is 1.64. The number of nitrogens with zero attached hydrogens (tertiary/aromatic N) is 1. The molecule has 1 aromatic carbocycles. The van der Waals surface area contributed by atoms with Crippen LogP contribution in [-0.4, -0.2) is 4.92 Å². The molecule has 0 aliphatic heterocycles. The molecule has 0 aliphatic carbocycles. The number of nitro benzene ring substituents is 1. The van der Waals surface area contributed by atoms with Gasteiger partial charge in [-0.3, -0.25) is 10.1 Å². The minimum absolute atomic E-state index is 0.0589. The summed E-state index contributed by atoms with van der Waals surface area (Å²) in [5.74, 6) is 0. The maximum atomic E-state index is 10.8. The van der Waals surface area contributed by atoms with Gasteiger partial charge in [0, 0.05) is 5.56 Å². The first-order valence-electron chi connectivity index (χ1n) is 3.76. The lowest BCUT2D eigenvalue weighted by atomic mass is 10.1. The molecule has 0 unspecified atom stereocenters. The van der Waals surface area contributed by atoms with Crippen LogP contribution in [-0.2, 0) is 0 Å². The summed E-state index contributed by atoms with van der Waals surface area (Å²) in [5, 5.41) is 10.8. The van der Waals surface area contributed by atoms with E-state index in [1.165, 1.54) is 0 Å². The Morgan fingerprint density at radius 3 is 2.14 bits per heavy atom. The van der Waals surface area contributed by atoms with Crippen molar-refractivity contribution in [1.29, 1.82) is 0 Å². The van der Waals surface area contributed by atoms with Gasteiger partial charge in [-0.1, -0.05) is 0 Å². The van der Waals surface area contributed by atoms with Gasteiger partial charge in [0.25, 0.3) is 5.69 Å². The van der Waals surface area contributed by atoms with E-state index in [2.05, 4.69) is 31.9 Å². The average molecular weight is 324 g/mol. The molecule has 0 fully saturated rings. The van der Waals surface area contributed by atoms with Crippen LogP contribution < -0.4 is 5.73 Å². The first-order valence-corrected chi connectivity index (χ1v) is 5.34. The Morgan fingerprint density at radius 2 is 1.71 bits per heavy atom. The van der Waals surface area contributed by atoms with Crippen LogP contribution in [0.4, 0.5) is 11.4 Å². The molecule has 0 saturated carbocycles. The van der Waals surface area contributed by atoms with Crippen molar-refractivity contribution in [3.05, 3.63) is 30.2 Å². The van der Waals surface area contributed by atoms with Gasteiger partial charge in [-0.25, -0.2) is 0 Å². The van der Waals surface area contributed by atoms with E-state index in [4.69, 9.17) is 5.73 Å². The smallest absolute Gasteiger partial charge is 0.287 e. The van der Waals surface area contributed by atoms with Gasteiger partial charge < -0.3 is 5.73 Å². The summed E-state index contributed by atoms with van der Waals surface area (Å²) in [6.45, 7) is 3.39. The Kier molecular flexibility index (Phi) is 3.16. The first-order chi connectivity index (χ1) is 6.37. The van der Waals surface area contributed by atoms with Crippen LogP contribution in [0.5, 0.6) is 0 Å². The second kappa shape index (κ2) is 3.86. The van der Waals surface area contributed by atoms with Crippen molar-refractivity contribution < 1.29 is 4.92 Å². The molecule has 76 valence electrons. The summed E-state index contributed by atoms with van der Waals surface area (Å²) in [6.07, 6.45) is 0. The van der Waals surface area contributed by atoms with Crippen molar-refractivity contribution in [2.24, 2.45) is 0 Å². The summed E-state index contributed by atoms with van der Waals surface area (Å²) in [6, 6.07) is 0. The molecule has 4 nitrogen and oxygen atoms in total. The Bertz CT molecular complexity index is 389. The Labute approximate surface area is 97.9 Å². The van der Waals surface area contributed by atoms with E-state index in [0.29, 0.717) is 25.8 Å². The van der Waals surface area contributed by atoms with Crippen molar-refractivity contribution in [1.82, 2.24) is 0 Å². The quantitative estimate of drug-likeness (QED) is 0.489. The van der Waals surface area contributed by atoms with Crippen LogP contribution in [0.3, 0.4) is 0 Å². The molecule has 1 aromatic rings. The minimum Gasteiger partial charge on any atom is -0.398 e. The van der Waals surface area contributed by atoms with Crippen LogP contribution in [0.15, 0.2) is 8.95 Å². The van der Waals surface area contributed by atoms with Crippen molar-refractivity contribution in [3.63, 3.8) is 0 Å². The maximum absolute atomic E-state index is 10.8. The van der Waals surface area contributed by atoms with E-state index >= 15 is 0 Å². The van der Waals surface area contributed by atoms with E-state index in [9.17, 15) is 10.1 Å². The van der Waals surface area contributed by atoms with Crippen molar-refractivity contribution in [3.8, 4) is 0 Å². The number of benzene rings is 1. The highest BCUT2D eigenvalue weighted by Gasteiger charge is 2.23. The van der Waals surface area contributed by atoms with Crippen LogP contribution in [0.25, 0.3) is 0 Å². The third-order valence-electron chi connectivity index (χ3n) is 2.04. The van der Waals surface area contributed by atoms with Crippen molar-refractivity contribution >= 4 is 43.2 Å². The van der Waals surface area contributed by atoms with Gasteiger partial charge in [-0.15, -0.1) is 0 Å². The lowest BCUT2D eigenvalue weighted by Crippen LogP contribution is -2.00. The highest BCUT2D eigenvalue weighted by atomic mass is 79.9. The lowest BCUT2D eigenvalue weighted by molar-refractivity contribution is -0.386. The second-order valence-corrected chi connectivity index (χ2v) is 4.48. The Morgan fingerprint density at radius 1 is 1.21 bits per heavy atom. The van der Waals surface area contributed by atoms with Crippen LogP contribution in [0.1, 0.15) is 11.1 Å². The normalized spacial score (nSPS) is 10.3. The Balaban J connectivity index is 3.68. The summed E-state index contributed by atoms with van der Waals surface area (Å²) >= 11 is 6.41. The number of nitrogen functional groups attached to an aromatic ring is 1. The SMILES string of the molecule is Cc1c(N)c(Br)c(C)c([N+](=O)[O-])c1Br. The van der Waals surface area contributed by atoms with Gasteiger partial charge in [-0.05, 0) is 51.3 Å². The highest BCUT2D eigenvalue weighted by Crippen LogP contribution is 2.40. The van der Waals surface area contributed by atoms with Crippen LogP contribution >= 0.6 is 31.9 Å². The number of nitrogens with two attached hydrogens (primary N) is 1. The fraction of sp³-hybridized carbons (Fsp3) is 0.250. The number of rotatable bonds is 1. The molecular formula is C8H8Br2N2O2. The van der Waals surface area contributed by atoms with Crippen LogP contribution in [0, 0.1) is 24.0 Å². The molecule has 6 heteroatoms. The molecule has 0 radical (unpaired) electrons. The summed E-state index contributed by atoms with van der Waals surface area (Å²) in [4.78, 5) is 10.4. The first kappa shape index (κ1) is 11.5. The Hall–Kier alpha value is -0.620. The second-order valence-electron chi connectivity index (χ2n) is 2.90. The van der Waals surface area contributed by atoms with E-state index in [0.717, 1.165) is 0 Å². The molecule has 0 saturated heterocycles. The van der Waals surface area contributed by atoms with Gasteiger partial charge in [0.2, 0.25) is 0 Å². The number of nitro groups is 1. The molecule has 2 N–H and O–H groups in total. The van der Waals surface area contributed by atoms with Gasteiger partial charge in [0.1, 0.15) is 4.47 Å². The van der Waals surface area contributed by atoms with Gasteiger partial charge in [0.15, 0.2) is 0 Å². The van der Waals surface area contributed by atoms with Crippen molar-refractivity contribution in [2.45, 2.75) is 13.8 Å². The molecule has 0 bridgehead atoms. The fourth-order valence-electron chi connectivity index (χ4n) is 1.15. The third-order valence-corrected chi connectivity index (χ3v) is 4.04. The van der Waals surface area contributed by atoms with Crippen LogP contribution in [0.2, 0.25) is 0 Å². The van der Waals surface area contributed by atoms with Gasteiger partial charge >= 0.3 is 0 Å². The minimum atomic E-state index is -0.420. The number of hydrogen-bond donors (Lipinski definition) is 1. The zero-order valence-corrected chi connectivity index (χ0v) is 10.8. The predicted octanol–water partition coefficient (Wildman–Crippen LogP) is 3.32.